The van der Waals surface area contributed by atoms with E-state index >= 15 is 0 Å². The number of piperidine rings is 1. The Morgan fingerprint density at radius 1 is 1.20 bits per heavy atom. The molecule has 0 spiro atoms. The van der Waals surface area contributed by atoms with Crippen LogP contribution in [0.3, 0.4) is 0 Å². The number of nitrogens with one attached hydrogen (secondary N) is 1. The van der Waals surface area contributed by atoms with E-state index in [0.717, 1.165) is 11.1 Å². The third-order valence-electron chi connectivity index (χ3n) is 5.90. The minimum absolute atomic E-state index is 0.0952. The maximum atomic E-state index is 12.6. The highest BCUT2D eigenvalue weighted by atomic mass is 16.6. The summed E-state index contributed by atoms with van der Waals surface area (Å²) in [6.07, 6.45) is 2.83. The summed E-state index contributed by atoms with van der Waals surface area (Å²) in [5.74, 6) is 0.0599. The van der Waals surface area contributed by atoms with Gasteiger partial charge in [0.2, 0.25) is 5.88 Å². The van der Waals surface area contributed by atoms with Crippen LogP contribution < -0.4 is 15.8 Å². The van der Waals surface area contributed by atoms with E-state index in [9.17, 15) is 14.7 Å². The summed E-state index contributed by atoms with van der Waals surface area (Å²) in [4.78, 5) is 30.5. The van der Waals surface area contributed by atoms with E-state index in [-0.39, 0.29) is 30.8 Å². The number of carbonyl (C=O) groups excluding carboxylic acids is 2. The van der Waals surface area contributed by atoms with Gasteiger partial charge in [-0.25, -0.2) is 9.78 Å². The Kier molecular flexibility index (Phi) is 9.86. The standard InChI is InChI=1S/C26H36N4O5/c1-18(2)34-26(33)30-13-10-23(11-14-30)35-24-15-20(9-12-28-24)25(32)29-17-22(31)8-7-19-5-3-4-6-21(19)16-27/h3-6,9,12,15,18,22-23,31H,7-8,10-11,13-14,16-17,27H2,1-2H3,(H,29,32)/t22-/m0/s1. The van der Waals surface area contributed by atoms with E-state index in [4.69, 9.17) is 15.2 Å². The smallest absolute Gasteiger partial charge is 0.410 e. The highest BCUT2D eigenvalue weighted by molar-refractivity contribution is 5.94. The Hall–Kier alpha value is -3.17. The van der Waals surface area contributed by atoms with E-state index in [1.165, 1.54) is 6.20 Å². The molecule has 1 fully saturated rings. The maximum Gasteiger partial charge on any atom is 0.410 e. The summed E-state index contributed by atoms with van der Waals surface area (Å²) in [7, 11) is 0. The molecule has 0 bridgehead atoms. The number of amides is 2. The van der Waals surface area contributed by atoms with Crippen LogP contribution in [-0.4, -0.2) is 64.9 Å². The van der Waals surface area contributed by atoms with Crippen molar-refractivity contribution in [1.29, 1.82) is 0 Å². The van der Waals surface area contributed by atoms with Crippen LogP contribution in [0.5, 0.6) is 5.88 Å². The predicted octanol–water partition coefficient (Wildman–Crippen LogP) is 2.65. The Morgan fingerprint density at radius 3 is 2.60 bits per heavy atom. The topological polar surface area (TPSA) is 127 Å². The molecule has 0 aliphatic carbocycles. The summed E-state index contributed by atoms with van der Waals surface area (Å²) in [6, 6.07) is 11.1. The van der Waals surface area contributed by atoms with Crippen LogP contribution in [0.15, 0.2) is 42.6 Å². The average Bonchev–Trinajstić information content (AvgIpc) is 2.86. The second kappa shape index (κ2) is 13.1. The van der Waals surface area contributed by atoms with Gasteiger partial charge >= 0.3 is 6.09 Å². The summed E-state index contributed by atoms with van der Waals surface area (Å²) in [5, 5.41) is 13.1. The average molecular weight is 485 g/mol. The zero-order valence-electron chi connectivity index (χ0n) is 20.5. The van der Waals surface area contributed by atoms with Crippen LogP contribution in [-0.2, 0) is 17.7 Å². The molecule has 0 saturated carbocycles. The molecule has 1 atom stereocenters. The van der Waals surface area contributed by atoms with Crippen molar-refractivity contribution in [2.24, 2.45) is 5.73 Å². The third kappa shape index (κ3) is 8.22. The van der Waals surface area contributed by atoms with Crippen LogP contribution >= 0.6 is 0 Å². The lowest BCUT2D eigenvalue weighted by Gasteiger charge is -2.31. The van der Waals surface area contributed by atoms with Crippen LogP contribution in [0.25, 0.3) is 0 Å². The van der Waals surface area contributed by atoms with E-state index < -0.39 is 6.10 Å². The molecular formula is C26H36N4O5. The number of carbonyl (C=O) groups is 2. The minimum atomic E-state index is -0.671. The van der Waals surface area contributed by atoms with Crippen molar-refractivity contribution in [1.82, 2.24) is 15.2 Å². The Morgan fingerprint density at radius 2 is 1.91 bits per heavy atom. The number of nitrogens with two attached hydrogens (primary N) is 1. The number of hydrogen-bond acceptors (Lipinski definition) is 7. The fourth-order valence-electron chi connectivity index (χ4n) is 3.96. The van der Waals surface area contributed by atoms with Gasteiger partial charge in [0.25, 0.3) is 5.91 Å². The SMILES string of the molecule is CC(C)OC(=O)N1CCC(Oc2cc(C(=O)NC[C@@H](O)CCc3ccccc3CN)ccn2)CC1. The number of ether oxygens (including phenoxy) is 2. The van der Waals surface area contributed by atoms with Crippen molar-refractivity contribution in [3.63, 3.8) is 0 Å². The molecule has 35 heavy (non-hydrogen) atoms. The molecule has 2 heterocycles. The van der Waals surface area contributed by atoms with Crippen molar-refractivity contribution >= 4 is 12.0 Å². The zero-order valence-corrected chi connectivity index (χ0v) is 20.5. The zero-order chi connectivity index (χ0) is 25.2. The number of aliphatic hydroxyl groups excluding tert-OH is 1. The van der Waals surface area contributed by atoms with E-state index in [0.29, 0.717) is 56.8 Å². The molecule has 9 nitrogen and oxygen atoms in total. The van der Waals surface area contributed by atoms with Gasteiger partial charge in [0.05, 0.1) is 12.2 Å². The molecule has 1 saturated heterocycles. The Labute approximate surface area is 206 Å². The quantitative estimate of drug-likeness (QED) is 0.473. The third-order valence-corrected chi connectivity index (χ3v) is 5.90. The molecule has 1 aromatic carbocycles. The van der Waals surface area contributed by atoms with E-state index in [2.05, 4.69) is 10.3 Å². The highest BCUT2D eigenvalue weighted by Crippen LogP contribution is 2.19. The van der Waals surface area contributed by atoms with Crippen molar-refractivity contribution in [3.8, 4) is 5.88 Å². The van der Waals surface area contributed by atoms with Gasteiger partial charge in [-0.3, -0.25) is 4.79 Å². The normalized spacial score (nSPS) is 15.1. The number of rotatable bonds is 10. The number of nitrogens with zero attached hydrogens (tertiary/aromatic N) is 2. The van der Waals surface area contributed by atoms with Gasteiger partial charge in [-0.05, 0) is 43.9 Å². The molecule has 1 aromatic heterocycles. The number of hydrogen-bond donors (Lipinski definition) is 3. The predicted molar refractivity (Wildman–Crippen MR) is 132 cm³/mol. The number of aryl methyl sites for hydroxylation is 1. The number of aromatic nitrogens is 1. The van der Waals surface area contributed by atoms with Gasteiger partial charge in [-0.1, -0.05) is 24.3 Å². The molecule has 3 rings (SSSR count). The van der Waals surface area contributed by atoms with Crippen LogP contribution in [0.2, 0.25) is 0 Å². The number of likely N-dealkylation sites (tertiary alicyclic amines) is 1. The number of benzene rings is 1. The first-order chi connectivity index (χ1) is 16.9. The molecule has 0 radical (unpaired) electrons. The molecule has 190 valence electrons. The van der Waals surface area contributed by atoms with Crippen molar-refractivity contribution in [2.75, 3.05) is 19.6 Å². The summed E-state index contributed by atoms with van der Waals surface area (Å²) >= 11 is 0. The number of pyridine rings is 1. The molecule has 1 aliphatic heterocycles. The van der Waals surface area contributed by atoms with Gasteiger partial charge in [0.1, 0.15) is 6.10 Å². The van der Waals surface area contributed by atoms with Gasteiger partial charge in [0, 0.05) is 56.8 Å². The monoisotopic (exact) mass is 484 g/mol. The first-order valence-corrected chi connectivity index (χ1v) is 12.2. The van der Waals surface area contributed by atoms with Crippen LogP contribution in [0, 0.1) is 0 Å². The van der Waals surface area contributed by atoms with E-state index in [1.54, 1.807) is 17.0 Å². The Bertz CT molecular complexity index is 976. The highest BCUT2D eigenvalue weighted by Gasteiger charge is 2.25. The summed E-state index contributed by atoms with van der Waals surface area (Å²) < 4.78 is 11.2. The second-order valence-corrected chi connectivity index (χ2v) is 8.99. The molecule has 4 N–H and O–H groups in total. The first kappa shape index (κ1) is 26.4. The molecule has 0 unspecified atom stereocenters. The summed E-state index contributed by atoms with van der Waals surface area (Å²) in [6.45, 7) is 5.35. The lowest BCUT2D eigenvalue weighted by atomic mass is 10.0. The van der Waals surface area contributed by atoms with Gasteiger partial charge in [-0.15, -0.1) is 0 Å². The fraction of sp³-hybridized carbons (Fsp3) is 0.500. The van der Waals surface area contributed by atoms with Crippen LogP contribution in [0.1, 0.15) is 54.6 Å². The van der Waals surface area contributed by atoms with Crippen LogP contribution in [0.4, 0.5) is 4.79 Å². The minimum Gasteiger partial charge on any atom is -0.474 e. The first-order valence-electron chi connectivity index (χ1n) is 12.2. The molecule has 2 aromatic rings. The molecular weight excluding hydrogens is 448 g/mol. The Balaban J connectivity index is 1.43. The second-order valence-electron chi connectivity index (χ2n) is 8.99. The van der Waals surface area contributed by atoms with Gasteiger partial charge < -0.3 is 30.5 Å². The molecule has 2 amide bonds. The van der Waals surface area contributed by atoms with Crippen molar-refractivity contribution in [2.45, 2.75) is 64.4 Å². The van der Waals surface area contributed by atoms with E-state index in [1.807, 2.05) is 38.1 Å². The van der Waals surface area contributed by atoms with Gasteiger partial charge in [0.15, 0.2) is 0 Å². The lowest BCUT2D eigenvalue weighted by molar-refractivity contribution is 0.0506. The fourth-order valence-corrected chi connectivity index (χ4v) is 3.96. The molecule has 1 aliphatic rings. The largest absolute Gasteiger partial charge is 0.474 e. The van der Waals surface area contributed by atoms with Crippen molar-refractivity contribution in [3.05, 3.63) is 59.3 Å². The lowest BCUT2D eigenvalue weighted by Crippen LogP contribution is -2.42. The maximum absolute atomic E-state index is 12.6. The van der Waals surface area contributed by atoms with Gasteiger partial charge in [-0.2, -0.15) is 0 Å². The summed E-state index contributed by atoms with van der Waals surface area (Å²) in [5.41, 5.74) is 8.35. The molecule has 9 heteroatoms. The van der Waals surface area contributed by atoms with Crippen molar-refractivity contribution < 1.29 is 24.2 Å². The number of aliphatic hydroxyl groups is 1.